The van der Waals surface area contributed by atoms with Gasteiger partial charge in [0.05, 0.1) is 0 Å². The van der Waals surface area contributed by atoms with Crippen LogP contribution in [0.15, 0.2) is 46.9 Å². The zero-order chi connectivity index (χ0) is 19.2. The molecule has 1 heterocycles. The SMILES string of the molecule is NC(=O)OC1CCN(Cc2cc(Br)ccc2OCc2ccc(Cl)cc2)CC1. The van der Waals surface area contributed by atoms with Crippen molar-refractivity contribution in [2.24, 2.45) is 5.73 Å². The summed E-state index contributed by atoms with van der Waals surface area (Å²) >= 11 is 9.47. The summed E-state index contributed by atoms with van der Waals surface area (Å²) in [6, 6.07) is 13.7. The van der Waals surface area contributed by atoms with Gasteiger partial charge in [0.15, 0.2) is 0 Å². The van der Waals surface area contributed by atoms with Gasteiger partial charge in [-0.3, -0.25) is 4.90 Å². The maximum Gasteiger partial charge on any atom is 0.404 e. The quantitative estimate of drug-likeness (QED) is 0.686. The van der Waals surface area contributed by atoms with Gasteiger partial charge in [0, 0.05) is 34.7 Å². The van der Waals surface area contributed by atoms with Crippen LogP contribution in [0.25, 0.3) is 0 Å². The number of piperidine rings is 1. The first-order valence-electron chi connectivity index (χ1n) is 8.84. The fraction of sp³-hybridized carbons (Fsp3) is 0.350. The number of nitrogens with zero attached hydrogens (tertiary/aromatic N) is 1. The van der Waals surface area contributed by atoms with Crippen molar-refractivity contribution in [2.75, 3.05) is 13.1 Å². The molecule has 7 heteroatoms. The highest BCUT2D eigenvalue weighted by atomic mass is 79.9. The average Bonchev–Trinajstić information content (AvgIpc) is 2.64. The molecule has 0 bridgehead atoms. The molecule has 1 aliphatic heterocycles. The molecule has 3 rings (SSSR count). The lowest BCUT2D eigenvalue weighted by atomic mass is 10.1. The molecular formula is C20H22BrClN2O3. The van der Waals surface area contributed by atoms with Gasteiger partial charge in [-0.05, 0) is 48.7 Å². The van der Waals surface area contributed by atoms with Crippen LogP contribution in [0.5, 0.6) is 5.75 Å². The third-order valence-electron chi connectivity index (χ3n) is 4.54. The van der Waals surface area contributed by atoms with Crippen LogP contribution < -0.4 is 10.5 Å². The monoisotopic (exact) mass is 452 g/mol. The first-order valence-corrected chi connectivity index (χ1v) is 10.0. The van der Waals surface area contributed by atoms with Crippen molar-refractivity contribution in [3.05, 3.63) is 63.1 Å². The molecule has 5 nitrogen and oxygen atoms in total. The van der Waals surface area contributed by atoms with Crippen molar-refractivity contribution in [1.29, 1.82) is 0 Å². The first-order chi connectivity index (χ1) is 13.0. The van der Waals surface area contributed by atoms with Crippen LogP contribution in [0.1, 0.15) is 24.0 Å². The van der Waals surface area contributed by atoms with Crippen LogP contribution >= 0.6 is 27.5 Å². The number of ether oxygens (including phenoxy) is 2. The number of hydrogen-bond acceptors (Lipinski definition) is 4. The minimum atomic E-state index is -0.696. The van der Waals surface area contributed by atoms with Crippen molar-refractivity contribution >= 4 is 33.6 Å². The van der Waals surface area contributed by atoms with Gasteiger partial charge >= 0.3 is 6.09 Å². The van der Waals surface area contributed by atoms with E-state index in [1.165, 1.54) is 0 Å². The summed E-state index contributed by atoms with van der Waals surface area (Å²) in [5.74, 6) is 0.864. The molecule has 0 unspecified atom stereocenters. The number of rotatable bonds is 6. The van der Waals surface area contributed by atoms with Gasteiger partial charge in [-0.2, -0.15) is 0 Å². The average molecular weight is 454 g/mol. The molecule has 2 N–H and O–H groups in total. The zero-order valence-corrected chi connectivity index (χ0v) is 17.2. The van der Waals surface area contributed by atoms with Crippen LogP contribution in [0, 0.1) is 0 Å². The van der Waals surface area contributed by atoms with E-state index in [1.807, 2.05) is 36.4 Å². The molecule has 0 radical (unpaired) electrons. The van der Waals surface area contributed by atoms with E-state index in [0.717, 1.165) is 53.8 Å². The number of halogens is 2. The Morgan fingerprint density at radius 1 is 1.19 bits per heavy atom. The molecule has 1 fully saturated rings. The summed E-state index contributed by atoms with van der Waals surface area (Å²) in [6.07, 6.45) is 0.802. The van der Waals surface area contributed by atoms with E-state index in [1.54, 1.807) is 0 Å². The maximum absolute atomic E-state index is 10.9. The van der Waals surface area contributed by atoms with Crippen molar-refractivity contribution < 1.29 is 14.3 Å². The molecule has 1 saturated heterocycles. The third kappa shape index (κ3) is 6.13. The molecule has 0 aliphatic carbocycles. The third-order valence-corrected chi connectivity index (χ3v) is 5.29. The highest BCUT2D eigenvalue weighted by Crippen LogP contribution is 2.27. The zero-order valence-electron chi connectivity index (χ0n) is 14.9. The van der Waals surface area contributed by atoms with Gasteiger partial charge in [-0.25, -0.2) is 4.79 Å². The molecule has 1 amide bonds. The van der Waals surface area contributed by atoms with Gasteiger partial charge in [0.2, 0.25) is 0 Å². The van der Waals surface area contributed by atoms with E-state index in [9.17, 15) is 4.79 Å². The fourth-order valence-corrected chi connectivity index (χ4v) is 3.68. The fourth-order valence-electron chi connectivity index (χ4n) is 3.14. The summed E-state index contributed by atoms with van der Waals surface area (Å²) in [5.41, 5.74) is 7.29. The largest absolute Gasteiger partial charge is 0.489 e. The maximum atomic E-state index is 10.9. The molecule has 0 saturated carbocycles. The van der Waals surface area contributed by atoms with Crippen molar-refractivity contribution in [3.63, 3.8) is 0 Å². The Morgan fingerprint density at radius 3 is 2.56 bits per heavy atom. The van der Waals surface area contributed by atoms with Crippen LogP contribution in [0.3, 0.4) is 0 Å². The molecule has 27 heavy (non-hydrogen) atoms. The molecule has 1 aliphatic rings. The predicted octanol–water partition coefficient (Wildman–Crippen LogP) is 4.74. The second kappa shape index (κ2) is 9.44. The lowest BCUT2D eigenvalue weighted by Crippen LogP contribution is -2.38. The highest BCUT2D eigenvalue weighted by molar-refractivity contribution is 9.10. The molecular weight excluding hydrogens is 432 g/mol. The Kier molecular flexibility index (Phi) is 6.99. The molecule has 0 spiro atoms. The van der Waals surface area contributed by atoms with Gasteiger partial charge in [-0.1, -0.05) is 39.7 Å². The molecule has 0 aromatic heterocycles. The Bertz CT molecular complexity index is 777. The Morgan fingerprint density at radius 2 is 1.89 bits per heavy atom. The van der Waals surface area contributed by atoms with Crippen molar-refractivity contribution in [3.8, 4) is 5.75 Å². The minimum Gasteiger partial charge on any atom is -0.489 e. The minimum absolute atomic E-state index is 0.0816. The standard InChI is InChI=1S/C20H22BrClN2O3/c21-16-3-6-19(26-13-14-1-4-17(22)5-2-14)15(11-16)12-24-9-7-18(8-10-24)27-20(23)25/h1-6,11,18H,7-10,12-13H2,(H2,23,25). The van der Waals surface area contributed by atoms with Crippen molar-refractivity contribution in [1.82, 2.24) is 4.90 Å². The summed E-state index contributed by atoms with van der Waals surface area (Å²) < 4.78 is 12.2. The lowest BCUT2D eigenvalue weighted by molar-refractivity contribution is 0.0538. The number of carbonyl (C=O) groups is 1. The number of amides is 1. The number of hydrogen-bond donors (Lipinski definition) is 1. The van der Waals surface area contributed by atoms with E-state index >= 15 is 0 Å². The van der Waals surface area contributed by atoms with E-state index in [2.05, 4.69) is 26.9 Å². The van der Waals surface area contributed by atoms with E-state index in [4.69, 9.17) is 26.8 Å². The Balaban J connectivity index is 1.60. The normalized spacial score (nSPS) is 15.5. The number of benzene rings is 2. The van der Waals surface area contributed by atoms with E-state index < -0.39 is 6.09 Å². The molecule has 0 atom stereocenters. The van der Waals surface area contributed by atoms with E-state index in [-0.39, 0.29) is 6.10 Å². The molecule has 2 aromatic rings. The summed E-state index contributed by atoms with van der Waals surface area (Å²) in [4.78, 5) is 13.2. The number of primary amides is 1. The van der Waals surface area contributed by atoms with Gasteiger partial charge in [-0.15, -0.1) is 0 Å². The van der Waals surface area contributed by atoms with Crippen LogP contribution in [0.2, 0.25) is 5.02 Å². The van der Waals surface area contributed by atoms with Crippen molar-refractivity contribution in [2.45, 2.75) is 32.1 Å². The highest BCUT2D eigenvalue weighted by Gasteiger charge is 2.22. The number of nitrogens with two attached hydrogens (primary N) is 1. The van der Waals surface area contributed by atoms with Gasteiger partial charge in [0.25, 0.3) is 0 Å². The topological polar surface area (TPSA) is 64.8 Å². The summed E-state index contributed by atoms with van der Waals surface area (Å²) in [6.45, 7) is 2.96. The molecule has 2 aromatic carbocycles. The predicted molar refractivity (Wildman–Crippen MR) is 109 cm³/mol. The number of carbonyl (C=O) groups excluding carboxylic acids is 1. The van der Waals surface area contributed by atoms with Gasteiger partial charge in [0.1, 0.15) is 18.5 Å². The first kappa shape index (κ1) is 20.0. The second-order valence-corrected chi connectivity index (χ2v) is 7.93. The summed E-state index contributed by atoms with van der Waals surface area (Å²) in [5, 5.41) is 0.715. The lowest BCUT2D eigenvalue weighted by Gasteiger charge is -2.31. The Labute approximate surface area is 172 Å². The smallest absolute Gasteiger partial charge is 0.404 e. The van der Waals surface area contributed by atoms with Gasteiger partial charge < -0.3 is 15.2 Å². The number of likely N-dealkylation sites (tertiary alicyclic amines) is 1. The van der Waals surface area contributed by atoms with Crippen LogP contribution in [0.4, 0.5) is 4.79 Å². The second-order valence-electron chi connectivity index (χ2n) is 6.58. The van der Waals surface area contributed by atoms with Crippen LogP contribution in [-0.2, 0) is 17.9 Å². The summed E-state index contributed by atoms with van der Waals surface area (Å²) in [7, 11) is 0. The Hall–Kier alpha value is -1.76. The van der Waals surface area contributed by atoms with E-state index in [0.29, 0.717) is 11.6 Å². The molecule has 144 valence electrons. The van der Waals surface area contributed by atoms with Crippen LogP contribution in [-0.4, -0.2) is 30.2 Å².